The number of esters is 1. The number of nitriles is 1. The van der Waals surface area contributed by atoms with Crippen LogP contribution in [0.2, 0.25) is 0 Å². The van der Waals surface area contributed by atoms with E-state index in [-0.39, 0.29) is 12.2 Å². The Kier molecular flexibility index (Phi) is 5.37. The number of H-pyrrole nitrogens is 1. The average molecular weight is 360 g/mol. The lowest BCUT2D eigenvalue weighted by Gasteiger charge is -2.12. The number of carbonyl (C=O) groups is 2. The fraction of sp³-hybridized carbons (Fsp3) is 0.227. The fourth-order valence-corrected chi connectivity index (χ4v) is 3.10. The van der Waals surface area contributed by atoms with E-state index in [2.05, 4.69) is 11.1 Å². The van der Waals surface area contributed by atoms with Gasteiger partial charge >= 0.3 is 5.97 Å². The molecule has 0 fully saturated rings. The Morgan fingerprint density at radius 1 is 1.15 bits per heavy atom. The summed E-state index contributed by atoms with van der Waals surface area (Å²) in [7, 11) is 0. The molecular formula is C22H20N2O3. The van der Waals surface area contributed by atoms with Crippen LogP contribution in [-0.2, 0) is 16.0 Å². The SMILES string of the molecule is Cc1[nH]c2ccccc2c1C(=O)C(C)OC(=O)CCc1ccc(C#N)cc1. The molecule has 0 saturated heterocycles. The average Bonchev–Trinajstić information content (AvgIpc) is 3.01. The third-order valence-electron chi connectivity index (χ3n) is 4.52. The molecule has 5 heteroatoms. The van der Waals surface area contributed by atoms with Crippen molar-refractivity contribution >= 4 is 22.7 Å². The fourth-order valence-electron chi connectivity index (χ4n) is 3.10. The number of nitrogens with zero attached hydrogens (tertiary/aromatic N) is 1. The second-order valence-electron chi connectivity index (χ2n) is 6.48. The second kappa shape index (κ2) is 7.88. The van der Waals surface area contributed by atoms with Crippen molar-refractivity contribution in [1.82, 2.24) is 4.98 Å². The van der Waals surface area contributed by atoms with Crippen molar-refractivity contribution in [1.29, 1.82) is 5.26 Å². The molecule has 1 N–H and O–H groups in total. The quantitative estimate of drug-likeness (QED) is 0.530. The van der Waals surface area contributed by atoms with Crippen molar-refractivity contribution in [3.8, 4) is 6.07 Å². The molecule has 1 heterocycles. The van der Waals surface area contributed by atoms with Crippen LogP contribution in [-0.4, -0.2) is 22.8 Å². The number of nitrogens with one attached hydrogen (secondary N) is 1. The highest BCUT2D eigenvalue weighted by molar-refractivity contribution is 6.11. The van der Waals surface area contributed by atoms with Crippen molar-refractivity contribution in [2.45, 2.75) is 32.8 Å². The van der Waals surface area contributed by atoms with Crippen LogP contribution < -0.4 is 0 Å². The van der Waals surface area contributed by atoms with Crippen LogP contribution in [0.15, 0.2) is 48.5 Å². The number of aromatic nitrogens is 1. The third-order valence-corrected chi connectivity index (χ3v) is 4.52. The number of rotatable bonds is 6. The summed E-state index contributed by atoms with van der Waals surface area (Å²) in [5.41, 5.74) is 3.74. The molecule has 2 aromatic carbocycles. The lowest BCUT2D eigenvalue weighted by atomic mass is 10.0. The molecule has 5 nitrogen and oxygen atoms in total. The Bertz CT molecular complexity index is 1030. The largest absolute Gasteiger partial charge is 0.454 e. The maximum Gasteiger partial charge on any atom is 0.306 e. The number of hydrogen-bond acceptors (Lipinski definition) is 4. The van der Waals surface area contributed by atoms with E-state index in [1.165, 1.54) is 0 Å². The lowest BCUT2D eigenvalue weighted by Crippen LogP contribution is -2.25. The van der Waals surface area contributed by atoms with E-state index >= 15 is 0 Å². The molecule has 0 aliphatic carbocycles. The van der Waals surface area contributed by atoms with E-state index in [1.807, 2.05) is 43.3 Å². The molecule has 1 aromatic heterocycles. The van der Waals surface area contributed by atoms with Gasteiger partial charge in [-0.15, -0.1) is 0 Å². The van der Waals surface area contributed by atoms with Crippen LogP contribution >= 0.6 is 0 Å². The number of ketones is 1. The van der Waals surface area contributed by atoms with Crippen molar-refractivity contribution in [2.75, 3.05) is 0 Å². The Labute approximate surface area is 157 Å². The number of para-hydroxylation sites is 1. The zero-order valence-electron chi connectivity index (χ0n) is 15.3. The molecule has 27 heavy (non-hydrogen) atoms. The van der Waals surface area contributed by atoms with Crippen LogP contribution in [0, 0.1) is 18.3 Å². The van der Waals surface area contributed by atoms with Gasteiger partial charge in [0.25, 0.3) is 0 Å². The standard InChI is InChI=1S/C22H20N2O3/c1-14-21(18-5-3-4-6-19(18)24-14)22(26)15(2)27-20(25)12-11-16-7-9-17(13-23)10-8-16/h3-10,15,24H,11-12H2,1-2H3. The van der Waals surface area contributed by atoms with Gasteiger partial charge in [-0.05, 0) is 44.0 Å². The van der Waals surface area contributed by atoms with Gasteiger partial charge in [0, 0.05) is 28.6 Å². The summed E-state index contributed by atoms with van der Waals surface area (Å²) < 4.78 is 5.35. The number of benzene rings is 2. The molecule has 1 unspecified atom stereocenters. The second-order valence-corrected chi connectivity index (χ2v) is 6.48. The zero-order chi connectivity index (χ0) is 19.4. The highest BCUT2D eigenvalue weighted by Gasteiger charge is 2.24. The number of fused-ring (bicyclic) bond motifs is 1. The first-order valence-corrected chi connectivity index (χ1v) is 8.79. The third kappa shape index (κ3) is 4.06. The van der Waals surface area contributed by atoms with Gasteiger partial charge in [0.1, 0.15) is 0 Å². The van der Waals surface area contributed by atoms with Crippen LogP contribution in [0.4, 0.5) is 0 Å². The van der Waals surface area contributed by atoms with Crippen LogP contribution in [0.1, 0.15) is 40.5 Å². The Hall–Kier alpha value is -3.39. The van der Waals surface area contributed by atoms with Crippen LogP contribution in [0.5, 0.6) is 0 Å². The molecule has 0 bridgehead atoms. The molecule has 3 rings (SSSR count). The highest BCUT2D eigenvalue weighted by Crippen LogP contribution is 2.24. The number of hydrogen-bond donors (Lipinski definition) is 1. The summed E-state index contributed by atoms with van der Waals surface area (Å²) in [6, 6.07) is 16.7. The minimum absolute atomic E-state index is 0.177. The maximum atomic E-state index is 12.8. The van der Waals surface area contributed by atoms with Crippen LogP contribution in [0.25, 0.3) is 10.9 Å². The summed E-state index contributed by atoms with van der Waals surface area (Å²) in [5.74, 6) is -0.630. The molecule has 0 saturated carbocycles. The van der Waals surface area contributed by atoms with Gasteiger partial charge < -0.3 is 9.72 Å². The number of Topliss-reactive ketones (excluding diaryl/α,β-unsaturated/α-hetero) is 1. The number of ether oxygens (including phenoxy) is 1. The molecule has 3 aromatic rings. The van der Waals surface area contributed by atoms with Gasteiger partial charge in [0.05, 0.1) is 11.6 Å². The topological polar surface area (TPSA) is 83.0 Å². The molecule has 0 aliphatic rings. The van der Waals surface area contributed by atoms with E-state index in [4.69, 9.17) is 10.00 Å². The Morgan fingerprint density at radius 2 is 1.85 bits per heavy atom. The van der Waals surface area contributed by atoms with Crippen molar-refractivity contribution in [3.05, 3.63) is 70.9 Å². The normalized spacial score (nSPS) is 11.7. The van der Waals surface area contributed by atoms with Gasteiger partial charge in [-0.3, -0.25) is 9.59 Å². The van der Waals surface area contributed by atoms with Gasteiger partial charge in [0.2, 0.25) is 5.78 Å². The molecule has 0 amide bonds. The highest BCUT2D eigenvalue weighted by atomic mass is 16.5. The smallest absolute Gasteiger partial charge is 0.306 e. The molecule has 1 atom stereocenters. The van der Waals surface area contributed by atoms with E-state index in [0.29, 0.717) is 17.5 Å². The first-order chi connectivity index (χ1) is 13.0. The summed E-state index contributed by atoms with van der Waals surface area (Å²) in [5, 5.41) is 9.64. The number of carbonyl (C=O) groups excluding carboxylic acids is 2. The molecule has 136 valence electrons. The van der Waals surface area contributed by atoms with Crippen molar-refractivity contribution in [3.63, 3.8) is 0 Å². The summed E-state index contributed by atoms with van der Waals surface area (Å²) in [6.07, 6.45) is -0.176. The van der Waals surface area contributed by atoms with Gasteiger partial charge in [0.15, 0.2) is 6.10 Å². The van der Waals surface area contributed by atoms with Crippen molar-refractivity contribution in [2.24, 2.45) is 0 Å². The Morgan fingerprint density at radius 3 is 2.56 bits per heavy atom. The summed E-state index contributed by atoms with van der Waals surface area (Å²) in [4.78, 5) is 28.1. The zero-order valence-corrected chi connectivity index (χ0v) is 15.3. The van der Waals surface area contributed by atoms with E-state index in [1.54, 1.807) is 19.1 Å². The molecule has 0 spiro atoms. The predicted octanol–water partition coefficient (Wildman–Crippen LogP) is 4.10. The predicted molar refractivity (Wildman–Crippen MR) is 102 cm³/mol. The number of aromatic amines is 1. The minimum atomic E-state index is -0.851. The van der Waals surface area contributed by atoms with E-state index in [9.17, 15) is 9.59 Å². The molecular weight excluding hydrogens is 340 g/mol. The van der Waals surface area contributed by atoms with Gasteiger partial charge in [-0.25, -0.2) is 0 Å². The lowest BCUT2D eigenvalue weighted by molar-refractivity contribution is -0.146. The monoisotopic (exact) mass is 360 g/mol. The molecule has 0 aliphatic heterocycles. The van der Waals surface area contributed by atoms with Crippen molar-refractivity contribution < 1.29 is 14.3 Å². The molecule has 0 radical (unpaired) electrons. The maximum absolute atomic E-state index is 12.8. The first-order valence-electron chi connectivity index (χ1n) is 8.79. The Balaban J connectivity index is 1.62. The minimum Gasteiger partial charge on any atom is -0.454 e. The van der Waals surface area contributed by atoms with E-state index < -0.39 is 12.1 Å². The first kappa shape index (κ1) is 18.4. The van der Waals surface area contributed by atoms with Gasteiger partial charge in [-0.1, -0.05) is 30.3 Å². The summed E-state index contributed by atoms with van der Waals surface area (Å²) >= 11 is 0. The van der Waals surface area contributed by atoms with Gasteiger partial charge in [-0.2, -0.15) is 5.26 Å². The van der Waals surface area contributed by atoms with E-state index in [0.717, 1.165) is 22.2 Å². The number of aryl methyl sites for hydroxylation is 2. The summed E-state index contributed by atoms with van der Waals surface area (Å²) in [6.45, 7) is 3.44. The van der Waals surface area contributed by atoms with Crippen LogP contribution in [0.3, 0.4) is 0 Å².